The Bertz CT molecular complexity index is 507. The van der Waals surface area contributed by atoms with Gasteiger partial charge in [-0.3, -0.25) is 9.69 Å². The fraction of sp³-hybridized carbons (Fsp3) is 0.385. The lowest BCUT2D eigenvalue weighted by Crippen LogP contribution is -2.28. The number of thiocarbonyl (C=S) groups is 1. The van der Waals surface area contributed by atoms with Gasteiger partial charge >= 0.3 is 0 Å². The highest BCUT2D eigenvalue weighted by atomic mass is 32.1. The SMILES string of the molecule is NC(=S)c1cc(F)cc(CN2CCNC(=O)CC2)c1. The number of rotatable bonds is 3. The first-order chi connectivity index (χ1) is 9.04. The molecule has 2 rings (SSSR count). The highest BCUT2D eigenvalue weighted by Gasteiger charge is 2.14. The average molecular weight is 281 g/mol. The van der Waals surface area contributed by atoms with Gasteiger partial charge in [-0.25, -0.2) is 4.39 Å². The molecule has 0 aliphatic carbocycles. The number of nitrogens with one attached hydrogen (secondary N) is 1. The summed E-state index contributed by atoms with van der Waals surface area (Å²) in [4.78, 5) is 13.5. The molecule has 1 aromatic carbocycles. The van der Waals surface area contributed by atoms with E-state index in [2.05, 4.69) is 10.2 Å². The summed E-state index contributed by atoms with van der Waals surface area (Å²) in [7, 11) is 0. The normalized spacial score (nSPS) is 16.8. The van der Waals surface area contributed by atoms with Crippen LogP contribution in [0.1, 0.15) is 17.5 Å². The van der Waals surface area contributed by atoms with Crippen LogP contribution in [0, 0.1) is 5.82 Å². The summed E-state index contributed by atoms with van der Waals surface area (Å²) in [6, 6.07) is 4.60. The van der Waals surface area contributed by atoms with E-state index in [9.17, 15) is 9.18 Å². The Labute approximate surface area is 116 Å². The van der Waals surface area contributed by atoms with Crippen molar-refractivity contribution in [2.75, 3.05) is 19.6 Å². The lowest BCUT2D eigenvalue weighted by molar-refractivity contribution is -0.120. The summed E-state index contributed by atoms with van der Waals surface area (Å²) < 4.78 is 13.5. The fourth-order valence-electron chi connectivity index (χ4n) is 2.11. The van der Waals surface area contributed by atoms with Crippen LogP contribution in [0.4, 0.5) is 4.39 Å². The van der Waals surface area contributed by atoms with Crippen LogP contribution in [0.15, 0.2) is 18.2 Å². The Hall–Kier alpha value is -1.53. The van der Waals surface area contributed by atoms with Gasteiger partial charge in [0, 0.05) is 38.2 Å². The lowest BCUT2D eigenvalue weighted by atomic mass is 10.1. The monoisotopic (exact) mass is 281 g/mol. The fourth-order valence-corrected chi connectivity index (χ4v) is 2.23. The Balaban J connectivity index is 2.09. The van der Waals surface area contributed by atoms with Gasteiger partial charge in [0.05, 0.1) is 0 Å². The summed E-state index contributed by atoms with van der Waals surface area (Å²) in [5.74, 6) is -0.283. The third-order valence-corrected chi connectivity index (χ3v) is 3.29. The molecule has 1 aliphatic rings. The van der Waals surface area contributed by atoms with E-state index < -0.39 is 0 Å². The van der Waals surface area contributed by atoms with Crippen LogP contribution in [0.5, 0.6) is 0 Å². The molecule has 0 atom stereocenters. The van der Waals surface area contributed by atoms with Crippen molar-refractivity contribution in [2.45, 2.75) is 13.0 Å². The molecule has 1 aliphatic heterocycles. The van der Waals surface area contributed by atoms with E-state index in [0.29, 0.717) is 31.6 Å². The number of carbonyl (C=O) groups is 1. The first-order valence-corrected chi connectivity index (χ1v) is 6.54. The van der Waals surface area contributed by atoms with Crippen LogP contribution in [0.2, 0.25) is 0 Å². The molecule has 0 radical (unpaired) electrons. The minimum atomic E-state index is -0.343. The topological polar surface area (TPSA) is 58.4 Å². The molecule has 1 amide bonds. The summed E-state index contributed by atoms with van der Waals surface area (Å²) >= 11 is 4.87. The van der Waals surface area contributed by atoms with Gasteiger partial charge in [0.15, 0.2) is 0 Å². The number of carbonyl (C=O) groups excluding carboxylic acids is 1. The zero-order valence-electron chi connectivity index (χ0n) is 10.5. The Kier molecular flexibility index (Phi) is 4.44. The van der Waals surface area contributed by atoms with E-state index in [4.69, 9.17) is 18.0 Å². The van der Waals surface area contributed by atoms with Crippen LogP contribution >= 0.6 is 12.2 Å². The molecule has 0 unspecified atom stereocenters. The second-order valence-corrected chi connectivity index (χ2v) is 5.03. The van der Waals surface area contributed by atoms with Gasteiger partial charge in [-0.1, -0.05) is 12.2 Å². The number of nitrogens with two attached hydrogens (primary N) is 1. The third-order valence-electron chi connectivity index (χ3n) is 3.05. The number of hydrogen-bond donors (Lipinski definition) is 2. The molecule has 1 fully saturated rings. The molecule has 0 saturated carbocycles. The minimum Gasteiger partial charge on any atom is -0.389 e. The van der Waals surface area contributed by atoms with E-state index >= 15 is 0 Å². The zero-order valence-corrected chi connectivity index (χ0v) is 11.3. The van der Waals surface area contributed by atoms with Gasteiger partial charge in [-0.2, -0.15) is 0 Å². The van der Waals surface area contributed by atoms with E-state index in [1.54, 1.807) is 6.07 Å². The van der Waals surface area contributed by atoms with E-state index in [1.165, 1.54) is 12.1 Å². The molecule has 6 heteroatoms. The molecule has 0 bridgehead atoms. The molecular formula is C13H16FN3OS. The maximum absolute atomic E-state index is 13.5. The van der Waals surface area contributed by atoms with Crippen molar-refractivity contribution in [1.29, 1.82) is 0 Å². The average Bonchev–Trinajstić information content (AvgIpc) is 2.54. The molecule has 1 aromatic rings. The van der Waals surface area contributed by atoms with Gasteiger partial charge in [-0.15, -0.1) is 0 Å². The number of halogens is 1. The van der Waals surface area contributed by atoms with Gasteiger partial charge in [0.1, 0.15) is 10.8 Å². The smallest absolute Gasteiger partial charge is 0.221 e. The molecule has 102 valence electrons. The highest BCUT2D eigenvalue weighted by molar-refractivity contribution is 7.80. The van der Waals surface area contributed by atoms with Crippen molar-refractivity contribution >= 4 is 23.1 Å². The van der Waals surface area contributed by atoms with Crippen molar-refractivity contribution in [3.8, 4) is 0 Å². The highest BCUT2D eigenvalue weighted by Crippen LogP contribution is 2.12. The molecule has 1 heterocycles. The summed E-state index contributed by atoms with van der Waals surface area (Å²) in [5.41, 5.74) is 6.88. The molecule has 0 spiro atoms. The second kappa shape index (κ2) is 6.08. The maximum atomic E-state index is 13.5. The molecule has 19 heavy (non-hydrogen) atoms. The van der Waals surface area contributed by atoms with Crippen molar-refractivity contribution < 1.29 is 9.18 Å². The molecule has 4 nitrogen and oxygen atoms in total. The van der Waals surface area contributed by atoms with Crippen LogP contribution in [0.25, 0.3) is 0 Å². The van der Waals surface area contributed by atoms with Crippen molar-refractivity contribution in [3.63, 3.8) is 0 Å². The number of amides is 1. The predicted molar refractivity (Wildman–Crippen MR) is 75.2 cm³/mol. The quantitative estimate of drug-likeness (QED) is 0.804. The second-order valence-electron chi connectivity index (χ2n) is 4.59. The minimum absolute atomic E-state index is 0.0607. The first-order valence-electron chi connectivity index (χ1n) is 6.13. The Morgan fingerprint density at radius 2 is 2.21 bits per heavy atom. The first kappa shape index (κ1) is 13.9. The Morgan fingerprint density at radius 1 is 1.42 bits per heavy atom. The largest absolute Gasteiger partial charge is 0.389 e. The number of benzene rings is 1. The predicted octanol–water partition coefficient (Wildman–Crippen LogP) is 0.782. The van der Waals surface area contributed by atoms with Gasteiger partial charge < -0.3 is 11.1 Å². The van der Waals surface area contributed by atoms with Crippen LogP contribution in [-0.2, 0) is 11.3 Å². The zero-order chi connectivity index (χ0) is 13.8. The standard InChI is InChI=1S/C13H16FN3OS/c14-11-6-9(5-10(7-11)13(15)19)8-17-3-1-12(18)16-2-4-17/h5-7H,1-4,8H2,(H2,15,19)(H,16,18). The molecule has 0 aromatic heterocycles. The van der Waals surface area contributed by atoms with Crippen molar-refractivity contribution in [3.05, 3.63) is 35.1 Å². The van der Waals surface area contributed by atoms with E-state index in [0.717, 1.165) is 12.1 Å². The maximum Gasteiger partial charge on any atom is 0.221 e. The van der Waals surface area contributed by atoms with Crippen molar-refractivity contribution in [1.82, 2.24) is 10.2 Å². The van der Waals surface area contributed by atoms with E-state index in [1.807, 2.05) is 0 Å². The summed E-state index contributed by atoms with van der Waals surface area (Å²) in [6.07, 6.45) is 0.470. The van der Waals surface area contributed by atoms with Crippen LogP contribution in [-0.4, -0.2) is 35.4 Å². The summed E-state index contributed by atoms with van der Waals surface area (Å²) in [6.45, 7) is 2.63. The Morgan fingerprint density at radius 3 is 2.95 bits per heavy atom. The summed E-state index contributed by atoms with van der Waals surface area (Å²) in [5, 5.41) is 2.81. The van der Waals surface area contributed by atoms with Crippen LogP contribution < -0.4 is 11.1 Å². The van der Waals surface area contributed by atoms with Gasteiger partial charge in [-0.05, 0) is 23.8 Å². The number of hydrogen-bond acceptors (Lipinski definition) is 3. The van der Waals surface area contributed by atoms with Crippen molar-refractivity contribution in [2.24, 2.45) is 5.73 Å². The molecule has 3 N–H and O–H groups in total. The van der Waals surface area contributed by atoms with Gasteiger partial charge in [0.2, 0.25) is 5.91 Å². The third kappa shape index (κ3) is 3.97. The number of nitrogens with zero attached hydrogens (tertiary/aromatic N) is 1. The molecular weight excluding hydrogens is 265 g/mol. The lowest BCUT2D eigenvalue weighted by Gasteiger charge is -2.19. The van der Waals surface area contributed by atoms with Gasteiger partial charge in [0.25, 0.3) is 0 Å². The van der Waals surface area contributed by atoms with E-state index in [-0.39, 0.29) is 16.7 Å². The van der Waals surface area contributed by atoms with Crippen LogP contribution in [0.3, 0.4) is 0 Å². The molecule has 1 saturated heterocycles.